The maximum absolute atomic E-state index is 6.35. The first-order valence-electron chi connectivity index (χ1n) is 16.4. The number of aryl methyl sites for hydroxylation is 2. The van der Waals surface area contributed by atoms with Crippen LogP contribution in [0.3, 0.4) is 0 Å². The third kappa shape index (κ3) is 4.10. The van der Waals surface area contributed by atoms with E-state index in [-0.39, 0.29) is 5.41 Å². The molecule has 3 aromatic heterocycles. The quantitative estimate of drug-likeness (QED) is 0.183. The van der Waals surface area contributed by atoms with Crippen LogP contribution in [0.15, 0.2) is 133 Å². The number of fused-ring (bicyclic) bond motifs is 8. The SMILES string of the molecule is Cc1cccc(C)c1-c1c(N2c3ccccc3C(C)(C)c3ccc(Oc4ccccc4)nc32)nc2c3ccccc3c3ccccc3n12. The van der Waals surface area contributed by atoms with E-state index in [4.69, 9.17) is 14.7 Å². The Morgan fingerprint density at radius 1 is 0.562 bits per heavy atom. The minimum Gasteiger partial charge on any atom is -0.439 e. The van der Waals surface area contributed by atoms with Gasteiger partial charge in [0.25, 0.3) is 0 Å². The molecule has 0 amide bonds. The van der Waals surface area contributed by atoms with Gasteiger partial charge < -0.3 is 4.74 Å². The lowest BCUT2D eigenvalue weighted by Gasteiger charge is -2.40. The Morgan fingerprint density at radius 2 is 1.23 bits per heavy atom. The summed E-state index contributed by atoms with van der Waals surface area (Å²) in [6, 6.07) is 46.4. The lowest BCUT2D eigenvalue weighted by atomic mass is 9.74. The van der Waals surface area contributed by atoms with E-state index in [2.05, 4.69) is 134 Å². The van der Waals surface area contributed by atoms with Crippen molar-refractivity contribution in [1.29, 1.82) is 0 Å². The zero-order valence-electron chi connectivity index (χ0n) is 27.4. The molecule has 0 N–H and O–H groups in total. The first-order valence-corrected chi connectivity index (χ1v) is 16.4. The van der Waals surface area contributed by atoms with E-state index in [1.807, 2.05) is 36.4 Å². The van der Waals surface area contributed by atoms with Crippen molar-refractivity contribution in [2.24, 2.45) is 0 Å². The molecule has 0 spiro atoms. The molecule has 5 heteroatoms. The molecule has 0 saturated heterocycles. The Kier molecular flexibility index (Phi) is 6.21. The van der Waals surface area contributed by atoms with Crippen LogP contribution in [0.5, 0.6) is 11.6 Å². The van der Waals surface area contributed by atoms with E-state index < -0.39 is 0 Å². The molecular weight excluding hydrogens is 589 g/mol. The Labute approximate surface area is 279 Å². The first-order chi connectivity index (χ1) is 23.4. The second kappa shape index (κ2) is 10.5. The monoisotopic (exact) mass is 622 g/mol. The molecule has 5 aromatic carbocycles. The normalized spacial score (nSPS) is 13.5. The van der Waals surface area contributed by atoms with E-state index in [1.165, 1.54) is 33.0 Å². The van der Waals surface area contributed by atoms with E-state index in [0.29, 0.717) is 5.88 Å². The highest BCUT2D eigenvalue weighted by Crippen LogP contribution is 2.54. The molecule has 0 saturated carbocycles. The molecule has 48 heavy (non-hydrogen) atoms. The van der Waals surface area contributed by atoms with Gasteiger partial charge in [-0.15, -0.1) is 0 Å². The largest absolute Gasteiger partial charge is 0.439 e. The van der Waals surface area contributed by atoms with E-state index in [0.717, 1.165) is 50.9 Å². The average Bonchev–Trinajstić information content (AvgIpc) is 3.49. The number of ether oxygens (including phenoxy) is 1. The summed E-state index contributed by atoms with van der Waals surface area (Å²) in [6.07, 6.45) is 0. The maximum atomic E-state index is 6.35. The van der Waals surface area contributed by atoms with Crippen molar-refractivity contribution >= 4 is 44.6 Å². The number of para-hydroxylation sites is 3. The van der Waals surface area contributed by atoms with Crippen LogP contribution in [0.2, 0.25) is 0 Å². The number of pyridine rings is 2. The molecule has 1 aliphatic heterocycles. The van der Waals surface area contributed by atoms with Gasteiger partial charge in [-0.05, 0) is 66.3 Å². The van der Waals surface area contributed by atoms with Gasteiger partial charge in [0.05, 0.1) is 16.9 Å². The Bertz CT molecular complexity index is 2530. The van der Waals surface area contributed by atoms with Crippen LogP contribution in [-0.4, -0.2) is 14.4 Å². The number of imidazole rings is 1. The molecule has 0 aliphatic carbocycles. The van der Waals surface area contributed by atoms with Gasteiger partial charge in [0.15, 0.2) is 5.82 Å². The Balaban J connectivity index is 1.44. The van der Waals surface area contributed by atoms with E-state index >= 15 is 0 Å². The summed E-state index contributed by atoms with van der Waals surface area (Å²) in [4.78, 5) is 13.2. The maximum Gasteiger partial charge on any atom is 0.221 e. The summed E-state index contributed by atoms with van der Waals surface area (Å²) in [5.74, 6) is 2.93. The van der Waals surface area contributed by atoms with Gasteiger partial charge in [-0.3, -0.25) is 9.30 Å². The summed E-state index contributed by atoms with van der Waals surface area (Å²) < 4.78 is 8.72. The molecule has 0 atom stereocenters. The number of anilines is 3. The topological polar surface area (TPSA) is 42.7 Å². The molecule has 4 heterocycles. The summed E-state index contributed by atoms with van der Waals surface area (Å²) in [5, 5.41) is 3.48. The summed E-state index contributed by atoms with van der Waals surface area (Å²) in [6.45, 7) is 8.94. The molecule has 0 radical (unpaired) electrons. The van der Waals surface area contributed by atoms with Crippen molar-refractivity contribution in [2.45, 2.75) is 33.1 Å². The summed E-state index contributed by atoms with van der Waals surface area (Å²) in [7, 11) is 0. The predicted molar refractivity (Wildman–Crippen MR) is 196 cm³/mol. The number of benzene rings is 5. The van der Waals surface area contributed by atoms with Crippen LogP contribution in [-0.2, 0) is 5.41 Å². The molecule has 9 rings (SSSR count). The van der Waals surface area contributed by atoms with E-state index in [1.54, 1.807) is 0 Å². The molecule has 232 valence electrons. The average molecular weight is 623 g/mol. The zero-order chi connectivity index (χ0) is 32.6. The summed E-state index contributed by atoms with van der Waals surface area (Å²) >= 11 is 0. The first kappa shape index (κ1) is 28.3. The molecule has 5 nitrogen and oxygen atoms in total. The van der Waals surface area contributed by atoms with Crippen molar-refractivity contribution in [1.82, 2.24) is 14.4 Å². The van der Waals surface area contributed by atoms with Gasteiger partial charge >= 0.3 is 0 Å². The van der Waals surface area contributed by atoms with Crippen LogP contribution in [0.4, 0.5) is 17.3 Å². The minimum absolute atomic E-state index is 0.308. The van der Waals surface area contributed by atoms with Gasteiger partial charge in [0.2, 0.25) is 5.88 Å². The predicted octanol–water partition coefficient (Wildman–Crippen LogP) is 11.2. The van der Waals surface area contributed by atoms with Crippen LogP contribution in [0.25, 0.3) is 38.6 Å². The van der Waals surface area contributed by atoms with Crippen LogP contribution >= 0.6 is 0 Å². The van der Waals surface area contributed by atoms with Gasteiger partial charge in [-0.25, -0.2) is 4.98 Å². The van der Waals surface area contributed by atoms with Crippen LogP contribution < -0.4 is 9.64 Å². The highest BCUT2D eigenvalue weighted by atomic mass is 16.5. The molecule has 1 aliphatic rings. The molecule has 0 bridgehead atoms. The van der Waals surface area contributed by atoms with Crippen molar-refractivity contribution < 1.29 is 4.74 Å². The third-order valence-corrected chi connectivity index (χ3v) is 9.91. The second-order valence-electron chi connectivity index (χ2n) is 13.2. The number of rotatable bonds is 4. The lowest BCUT2D eigenvalue weighted by Crippen LogP contribution is -2.31. The molecule has 0 unspecified atom stereocenters. The van der Waals surface area contributed by atoms with Gasteiger partial charge in [-0.2, -0.15) is 4.98 Å². The Morgan fingerprint density at radius 3 is 2.02 bits per heavy atom. The number of aromatic nitrogens is 3. The lowest BCUT2D eigenvalue weighted by molar-refractivity contribution is 0.461. The fourth-order valence-electron chi connectivity index (χ4n) is 7.63. The smallest absolute Gasteiger partial charge is 0.221 e. The van der Waals surface area contributed by atoms with Gasteiger partial charge in [0.1, 0.15) is 17.2 Å². The molecular formula is C43H34N4O. The van der Waals surface area contributed by atoms with Crippen LogP contribution in [0, 0.1) is 13.8 Å². The highest BCUT2D eigenvalue weighted by molar-refractivity contribution is 6.13. The number of hydrogen-bond acceptors (Lipinski definition) is 4. The van der Waals surface area contributed by atoms with E-state index in [9.17, 15) is 0 Å². The Hall–Kier alpha value is -5.94. The fourth-order valence-corrected chi connectivity index (χ4v) is 7.63. The van der Waals surface area contributed by atoms with Crippen LogP contribution in [0.1, 0.15) is 36.1 Å². The summed E-state index contributed by atoms with van der Waals surface area (Å²) in [5.41, 5.74) is 9.70. The molecule has 0 fully saturated rings. The third-order valence-electron chi connectivity index (χ3n) is 9.91. The van der Waals surface area contributed by atoms with Gasteiger partial charge in [-0.1, -0.05) is 111 Å². The van der Waals surface area contributed by atoms with Crippen molar-refractivity contribution in [3.63, 3.8) is 0 Å². The highest BCUT2D eigenvalue weighted by Gasteiger charge is 2.40. The van der Waals surface area contributed by atoms with Crippen molar-refractivity contribution in [3.8, 4) is 22.9 Å². The molecule has 8 aromatic rings. The van der Waals surface area contributed by atoms with Crippen molar-refractivity contribution in [3.05, 3.63) is 156 Å². The second-order valence-corrected chi connectivity index (χ2v) is 13.2. The standard InChI is InChI=1S/C43H34N4O/c1-27-15-14-16-28(2)38(27)39-42(45-40-32-21-9-8-19-30(32)31-20-10-12-23-35(31)46(39)40)47-36-24-13-11-22-33(36)43(3,4)34-25-26-37(44-41(34)47)48-29-17-6-5-7-18-29/h5-26H,1-4H3. The number of hydrogen-bond donors (Lipinski definition) is 0. The fraction of sp³-hybridized carbons (Fsp3) is 0.116. The number of nitrogens with zero attached hydrogens (tertiary/aromatic N) is 4. The van der Waals surface area contributed by atoms with Crippen molar-refractivity contribution in [2.75, 3.05) is 4.90 Å². The van der Waals surface area contributed by atoms with Gasteiger partial charge in [0, 0.05) is 33.4 Å². The minimum atomic E-state index is -0.308. The zero-order valence-corrected chi connectivity index (χ0v) is 27.4.